The van der Waals surface area contributed by atoms with Crippen molar-refractivity contribution in [2.24, 2.45) is 0 Å². The van der Waals surface area contributed by atoms with Crippen molar-refractivity contribution in [3.8, 4) is 0 Å². The molecule has 0 nitrogen and oxygen atoms in total. The normalized spacial score (nSPS) is 0. The van der Waals surface area contributed by atoms with Crippen molar-refractivity contribution in [2.75, 3.05) is 0 Å². The van der Waals surface area contributed by atoms with Crippen molar-refractivity contribution in [3.05, 3.63) is 0 Å². The molecule has 0 amide bonds. The van der Waals surface area contributed by atoms with Gasteiger partial charge in [0, 0.05) is 0 Å². The summed E-state index contributed by atoms with van der Waals surface area (Å²) in [5, 5.41) is 0. The first kappa shape index (κ1) is 155. The molecule has 0 bridgehead atoms. The minimum atomic E-state index is 0. The first-order valence-electron chi connectivity index (χ1n) is 0. The third-order valence-corrected chi connectivity index (χ3v) is 0. The summed E-state index contributed by atoms with van der Waals surface area (Å²) in [5.41, 5.74) is 0. The molecule has 0 rings (SSSR count). The van der Waals surface area contributed by atoms with Crippen molar-refractivity contribution in [1.82, 2.24) is 0 Å². The van der Waals surface area contributed by atoms with Gasteiger partial charge in [0.25, 0.3) is 0 Å². The summed E-state index contributed by atoms with van der Waals surface area (Å²) in [7, 11) is 0. The van der Waals surface area contributed by atoms with Crippen molar-refractivity contribution in [2.45, 2.75) is 0 Å². The Hall–Kier alpha value is 0.626. The Morgan fingerprint density at radius 3 is 0.750 bits per heavy atom. The van der Waals surface area contributed by atoms with Gasteiger partial charge in [-0.05, 0) is 0 Å². The monoisotopic (exact) mass is 55.0 g/mol. The van der Waals surface area contributed by atoms with Crippen LogP contribution in [0.3, 0.4) is 0 Å². The van der Waals surface area contributed by atoms with Gasteiger partial charge in [-0.25, -0.2) is 0 Å². The molecule has 0 aromatic heterocycles. The standard InChI is InChI=1S/Be.2FH.Li.H/h;2*1H;;/q+2;;;;/p-2. The molecule has 0 fully saturated rings. The molecule has 0 spiro atoms. The van der Waals surface area contributed by atoms with E-state index in [0.717, 1.165) is 0 Å². The van der Waals surface area contributed by atoms with E-state index >= 15 is 0 Å². The molecule has 0 unspecified atom stereocenters. The van der Waals surface area contributed by atoms with Gasteiger partial charge in [0.2, 0.25) is 0 Å². The quantitative estimate of drug-likeness (QED) is 0.241. The van der Waals surface area contributed by atoms with Crippen LogP contribution >= 0.6 is 0 Å². The van der Waals surface area contributed by atoms with Gasteiger partial charge in [0.05, 0.1) is 0 Å². The number of rotatable bonds is 0. The summed E-state index contributed by atoms with van der Waals surface area (Å²) in [6, 6.07) is 0. The van der Waals surface area contributed by atoms with E-state index in [-0.39, 0.29) is 38.4 Å². The summed E-state index contributed by atoms with van der Waals surface area (Å²) in [6.45, 7) is 0. The molecule has 4 heteroatoms. The van der Waals surface area contributed by atoms with Gasteiger partial charge < -0.3 is 9.41 Å². The molecule has 0 saturated heterocycles. The van der Waals surface area contributed by atoms with Crippen molar-refractivity contribution in [1.29, 1.82) is 0 Å². The first-order valence-corrected chi connectivity index (χ1v) is 0. The van der Waals surface area contributed by atoms with Gasteiger partial charge in [-0.1, -0.05) is 0 Å². The zero-order chi connectivity index (χ0) is 0. The third-order valence-electron chi connectivity index (χ3n) is 0. The summed E-state index contributed by atoms with van der Waals surface area (Å²) in [5.74, 6) is 0. The van der Waals surface area contributed by atoms with E-state index in [1.165, 1.54) is 0 Å². The molecule has 0 N–H and O–H groups in total. The second kappa shape index (κ2) is 63.8. The fraction of sp³-hybridized carbons (Fsp3) is 0. The Kier molecular flexibility index (Phi) is 2470. The van der Waals surface area contributed by atoms with E-state index in [9.17, 15) is 0 Å². The van der Waals surface area contributed by atoms with Crippen molar-refractivity contribution in [3.63, 3.8) is 0 Å². The van der Waals surface area contributed by atoms with Gasteiger partial charge in [-0.15, -0.1) is 0 Å². The summed E-state index contributed by atoms with van der Waals surface area (Å²) < 4.78 is 0. The fourth-order valence-electron chi connectivity index (χ4n) is 0. The Morgan fingerprint density at radius 1 is 0.750 bits per heavy atom. The van der Waals surface area contributed by atoms with E-state index < -0.39 is 0 Å². The van der Waals surface area contributed by atoms with Crippen LogP contribution in [0, 0.1) is 0 Å². The number of hydrogen-bond donors (Lipinski definition) is 0. The fourth-order valence-corrected chi connectivity index (χ4v) is 0. The van der Waals surface area contributed by atoms with Gasteiger partial charge in [0.15, 0.2) is 0 Å². The molecule has 18 valence electrons. The minimum absolute atomic E-state index is 0. The number of halogens is 2. The Morgan fingerprint density at radius 2 is 0.750 bits per heavy atom. The molecule has 0 atom stereocenters. The number of hydrogen-bond acceptors (Lipinski definition) is 0. The Bertz CT molecular complexity index is 6.00. The summed E-state index contributed by atoms with van der Waals surface area (Å²) in [4.78, 5) is 0. The maximum atomic E-state index is 0. The van der Waals surface area contributed by atoms with Crippen LogP contribution < -0.4 is 9.41 Å². The average Bonchev–Trinajstić information content (AvgIpc) is 0. The molecule has 0 aliphatic heterocycles. The molecule has 4 heavy (non-hydrogen) atoms. The van der Waals surface area contributed by atoms with Gasteiger partial charge in [-0.3, -0.25) is 0 Å². The predicted octanol–water partition coefficient (Wildman–Crippen LogP) is -7.02. The molecular weight excluding hydrogens is 53.9 g/mol. The van der Waals surface area contributed by atoms with Crippen LogP contribution in [0.4, 0.5) is 0 Å². The Balaban J connectivity index is 0. The van der Waals surface area contributed by atoms with Crippen molar-refractivity contribution < 1.29 is 9.41 Å². The molecule has 0 aromatic carbocycles. The zero-order valence-corrected chi connectivity index (χ0v) is 1.46. The van der Waals surface area contributed by atoms with Crippen LogP contribution in [-0.4, -0.2) is 29.0 Å². The van der Waals surface area contributed by atoms with Crippen molar-refractivity contribution >= 4 is 29.0 Å². The Labute approximate surface area is 39.1 Å². The molecule has 0 heterocycles. The van der Waals surface area contributed by atoms with Crippen LogP contribution in [0.25, 0.3) is 0 Å². The van der Waals surface area contributed by atoms with Gasteiger partial charge >= 0.3 is 29.0 Å². The molecular formula is HBeF2Li. The van der Waals surface area contributed by atoms with E-state index in [1.807, 2.05) is 0 Å². The molecule has 0 aliphatic carbocycles. The predicted molar refractivity (Wildman–Crippen MR) is 12.9 cm³/mol. The molecule has 0 aliphatic rings. The van der Waals surface area contributed by atoms with Gasteiger partial charge in [-0.2, -0.15) is 0 Å². The maximum absolute atomic E-state index is 0. The molecule has 0 saturated carbocycles. The van der Waals surface area contributed by atoms with E-state index in [0.29, 0.717) is 0 Å². The van der Waals surface area contributed by atoms with E-state index in [1.54, 1.807) is 0 Å². The van der Waals surface area contributed by atoms with Gasteiger partial charge in [0.1, 0.15) is 0 Å². The van der Waals surface area contributed by atoms with E-state index in [4.69, 9.17) is 0 Å². The first-order chi connectivity index (χ1) is 0. The summed E-state index contributed by atoms with van der Waals surface area (Å²) in [6.07, 6.45) is 0. The SMILES string of the molecule is [Be+2].[F-].[F-].[LiH]. The summed E-state index contributed by atoms with van der Waals surface area (Å²) >= 11 is 0. The second-order valence-electron chi connectivity index (χ2n) is 0. The topological polar surface area (TPSA) is 0 Å². The average molecular weight is 55.0 g/mol. The second-order valence-corrected chi connectivity index (χ2v) is 0. The van der Waals surface area contributed by atoms with Crippen LogP contribution in [0.15, 0.2) is 0 Å². The molecule has 0 radical (unpaired) electrons. The molecule has 0 aromatic rings. The van der Waals surface area contributed by atoms with Crippen LogP contribution in [0.2, 0.25) is 0 Å². The third kappa shape index (κ3) is 17.7. The van der Waals surface area contributed by atoms with Crippen LogP contribution in [0.1, 0.15) is 0 Å². The zero-order valence-electron chi connectivity index (χ0n) is 1.46. The van der Waals surface area contributed by atoms with Crippen LogP contribution in [-0.2, 0) is 0 Å². The van der Waals surface area contributed by atoms with Crippen LogP contribution in [0.5, 0.6) is 0 Å². The van der Waals surface area contributed by atoms with E-state index in [2.05, 4.69) is 0 Å².